The van der Waals surface area contributed by atoms with Crippen LogP contribution in [-0.4, -0.2) is 115 Å². The predicted octanol–water partition coefficient (Wildman–Crippen LogP) is 5.69. The molecule has 3 aliphatic heterocycles. The van der Waals surface area contributed by atoms with Gasteiger partial charge in [-0.3, -0.25) is 14.9 Å². The third kappa shape index (κ3) is 10.1. The molecule has 1 aromatic carbocycles. The first-order valence-electron chi connectivity index (χ1n) is 17.9. The van der Waals surface area contributed by atoms with Crippen molar-refractivity contribution in [1.82, 2.24) is 10.2 Å². The second-order valence-corrected chi connectivity index (χ2v) is 17.8. The SMILES string of the molecule is COc1cc2cc(c1Cl)N(C)C(=O)C[C@H](OC(=O)[C@H](C)N(C)C(=O)CCC(C)SSC)[C@]1(C)O[C@H]1[C@H](C)[C@@H]1C[C@@](O)(NC(=O)O1)[C@H](OC)/C=C\C=C(\C)C2. The Morgan fingerprint density at radius 1 is 1.24 bits per heavy atom. The van der Waals surface area contributed by atoms with Gasteiger partial charge in [0.15, 0.2) is 5.72 Å². The Kier molecular flexibility index (Phi) is 14.9. The molecule has 4 rings (SSSR count). The van der Waals surface area contributed by atoms with E-state index in [2.05, 4.69) is 5.32 Å². The predicted molar refractivity (Wildman–Crippen MR) is 211 cm³/mol. The van der Waals surface area contributed by atoms with Gasteiger partial charge in [-0.15, -0.1) is 0 Å². The highest BCUT2D eigenvalue weighted by Crippen LogP contribution is 2.49. The first-order valence-corrected chi connectivity index (χ1v) is 20.9. The lowest BCUT2D eigenvalue weighted by molar-refractivity contribution is -0.162. The molecule has 0 aliphatic carbocycles. The quantitative estimate of drug-likeness (QED) is 0.169. The molecule has 3 aliphatic rings. The number of halogens is 1. The van der Waals surface area contributed by atoms with E-state index in [4.69, 9.17) is 35.3 Å². The van der Waals surface area contributed by atoms with Gasteiger partial charge in [0, 0.05) is 45.2 Å². The minimum absolute atomic E-state index is 0.0460. The number of nitrogens with zero attached hydrogens (tertiary/aromatic N) is 2. The first-order chi connectivity index (χ1) is 25.4. The normalized spacial score (nSPS) is 31.4. The Hall–Kier alpha value is -2.95. The number of likely N-dealkylation sites (N-methyl/N-ethyl adjacent to an activating group) is 1. The lowest BCUT2D eigenvalue weighted by Gasteiger charge is -2.42. The number of epoxide rings is 1. The van der Waals surface area contributed by atoms with Crippen molar-refractivity contribution in [3.8, 4) is 5.75 Å². The number of rotatable bonds is 10. The average Bonchev–Trinajstić information content (AvgIpc) is 3.82. The van der Waals surface area contributed by atoms with Crippen LogP contribution in [0.1, 0.15) is 65.9 Å². The van der Waals surface area contributed by atoms with Crippen LogP contribution in [-0.2, 0) is 39.8 Å². The second kappa shape index (κ2) is 18.3. The van der Waals surface area contributed by atoms with E-state index in [9.17, 15) is 24.3 Å². The fourth-order valence-electron chi connectivity index (χ4n) is 6.93. The standard InChI is InChI=1S/C38H54ClN3O10S2/c1-21-12-11-13-29(49-9)38(47)20-28(50-36(46)40-38)23(3)34-37(5,52-34)30(51-35(45)24(4)41(6)31(43)15-14-22(2)54-53-10)19-32(44)42(7)26-17-25(16-21)18-27(48-8)33(26)39/h11-13,17-18,22-24,28-30,34,47H,14-16,19-20H2,1-10H3,(H,40,46)/b13-11-,21-12-/t22?,23-,24+,28+,29-,30+,34+,37+,38+/m1/s1. The molecule has 2 saturated heterocycles. The Balaban J connectivity index is 1.72. The van der Waals surface area contributed by atoms with Crippen molar-refractivity contribution in [2.45, 2.75) is 114 Å². The lowest BCUT2D eigenvalue weighted by atomic mass is 9.83. The molecule has 16 heteroatoms. The van der Waals surface area contributed by atoms with Crippen LogP contribution in [0.15, 0.2) is 35.9 Å². The smallest absolute Gasteiger partial charge is 0.409 e. The molecular weight excluding hydrogens is 758 g/mol. The van der Waals surface area contributed by atoms with E-state index >= 15 is 0 Å². The van der Waals surface area contributed by atoms with Crippen LogP contribution in [0, 0.1) is 5.92 Å². The van der Waals surface area contributed by atoms with Crippen molar-refractivity contribution >= 4 is 62.8 Å². The van der Waals surface area contributed by atoms with Gasteiger partial charge in [-0.2, -0.15) is 0 Å². The zero-order chi connectivity index (χ0) is 40.1. The number of allylic oxidation sites excluding steroid dienone is 3. The zero-order valence-electron chi connectivity index (χ0n) is 32.7. The van der Waals surface area contributed by atoms with Crippen LogP contribution in [0.25, 0.3) is 0 Å². The highest BCUT2D eigenvalue weighted by atomic mass is 35.5. The maximum atomic E-state index is 14.2. The molecule has 54 heavy (non-hydrogen) atoms. The molecule has 4 bridgehead atoms. The van der Waals surface area contributed by atoms with Crippen LogP contribution in [0.3, 0.4) is 0 Å². The number of benzene rings is 1. The van der Waals surface area contributed by atoms with Crippen molar-refractivity contribution in [3.05, 3.63) is 46.5 Å². The molecule has 2 N–H and O–H groups in total. The monoisotopic (exact) mass is 811 g/mol. The number of methoxy groups -OCH3 is 2. The Bertz CT molecular complexity index is 1630. The topological polar surface area (TPSA) is 156 Å². The summed E-state index contributed by atoms with van der Waals surface area (Å²) in [6.45, 7) is 9.09. The summed E-state index contributed by atoms with van der Waals surface area (Å²) in [6, 6.07) is 2.63. The molecule has 3 amide bonds. The maximum absolute atomic E-state index is 14.2. The molecule has 2 fully saturated rings. The fourth-order valence-corrected chi connectivity index (χ4v) is 9.06. The molecule has 0 radical (unpaired) electrons. The summed E-state index contributed by atoms with van der Waals surface area (Å²) < 4.78 is 29.3. The third-order valence-electron chi connectivity index (χ3n) is 10.5. The highest BCUT2D eigenvalue weighted by Gasteiger charge is 2.64. The number of nitrogens with one attached hydrogen (secondary N) is 1. The third-order valence-corrected chi connectivity index (χ3v) is 13.2. The van der Waals surface area contributed by atoms with Crippen molar-refractivity contribution in [1.29, 1.82) is 0 Å². The minimum Gasteiger partial charge on any atom is -0.495 e. The van der Waals surface area contributed by atoms with E-state index in [0.29, 0.717) is 24.3 Å². The molecule has 1 unspecified atom stereocenters. The van der Waals surface area contributed by atoms with Gasteiger partial charge in [0.2, 0.25) is 11.8 Å². The number of amides is 3. The maximum Gasteiger partial charge on any atom is 0.409 e. The lowest BCUT2D eigenvalue weighted by Crippen LogP contribution is -2.63. The molecule has 1 aromatic rings. The number of ether oxygens (including phenoxy) is 5. The zero-order valence-corrected chi connectivity index (χ0v) is 35.1. The molecule has 0 saturated carbocycles. The summed E-state index contributed by atoms with van der Waals surface area (Å²) in [5.74, 6) is -1.48. The van der Waals surface area contributed by atoms with Gasteiger partial charge in [-0.25, -0.2) is 9.59 Å². The Labute approximate surface area is 331 Å². The van der Waals surface area contributed by atoms with Crippen LogP contribution in [0.5, 0.6) is 5.75 Å². The van der Waals surface area contributed by atoms with Gasteiger partial charge in [0.05, 0.1) is 25.3 Å². The minimum atomic E-state index is -1.82. The van der Waals surface area contributed by atoms with Gasteiger partial charge in [0.25, 0.3) is 0 Å². The first kappa shape index (κ1) is 43.8. The van der Waals surface area contributed by atoms with E-state index in [1.807, 2.05) is 33.1 Å². The summed E-state index contributed by atoms with van der Waals surface area (Å²) in [4.78, 5) is 56.7. The van der Waals surface area contributed by atoms with Crippen LogP contribution >= 0.6 is 33.2 Å². The van der Waals surface area contributed by atoms with Crippen molar-refractivity contribution in [2.75, 3.05) is 39.5 Å². The van der Waals surface area contributed by atoms with Gasteiger partial charge < -0.3 is 38.6 Å². The highest BCUT2D eigenvalue weighted by molar-refractivity contribution is 8.76. The summed E-state index contributed by atoms with van der Waals surface area (Å²) in [6.07, 6.45) is 3.89. The molecule has 9 atom stereocenters. The summed E-state index contributed by atoms with van der Waals surface area (Å²) >= 11 is 6.77. The number of carbonyl (C=O) groups is 4. The summed E-state index contributed by atoms with van der Waals surface area (Å²) in [5, 5.41) is 14.8. The van der Waals surface area contributed by atoms with Gasteiger partial charge in [-0.1, -0.05) is 70.8 Å². The largest absolute Gasteiger partial charge is 0.495 e. The van der Waals surface area contributed by atoms with Crippen LogP contribution in [0.4, 0.5) is 10.5 Å². The van der Waals surface area contributed by atoms with Crippen LogP contribution < -0.4 is 15.0 Å². The molecule has 3 heterocycles. The van der Waals surface area contributed by atoms with E-state index in [-0.39, 0.29) is 35.4 Å². The number of aliphatic hydroxyl groups is 1. The number of carbonyl (C=O) groups excluding carboxylic acids is 4. The number of hydrogen-bond donors (Lipinski definition) is 2. The Morgan fingerprint density at radius 2 is 1.94 bits per heavy atom. The van der Waals surface area contributed by atoms with Gasteiger partial charge in [0.1, 0.15) is 40.7 Å². The van der Waals surface area contributed by atoms with Crippen molar-refractivity contribution in [3.63, 3.8) is 0 Å². The van der Waals surface area contributed by atoms with Crippen molar-refractivity contribution < 1.29 is 48.0 Å². The van der Waals surface area contributed by atoms with Gasteiger partial charge >= 0.3 is 12.1 Å². The number of anilines is 1. The second-order valence-electron chi connectivity index (χ2n) is 14.5. The number of alkyl carbamates (subject to hydrolysis) is 1. The van der Waals surface area contributed by atoms with Gasteiger partial charge in [-0.05, 0) is 57.6 Å². The summed E-state index contributed by atoms with van der Waals surface area (Å²) in [5.41, 5.74) is -0.890. The van der Waals surface area contributed by atoms with E-state index in [1.165, 1.54) is 24.0 Å². The van der Waals surface area contributed by atoms with E-state index in [0.717, 1.165) is 11.1 Å². The number of esters is 1. The van der Waals surface area contributed by atoms with Crippen LogP contribution in [0.2, 0.25) is 5.02 Å². The molecule has 13 nitrogen and oxygen atoms in total. The summed E-state index contributed by atoms with van der Waals surface area (Å²) in [7, 11) is 9.38. The van der Waals surface area contributed by atoms with Crippen molar-refractivity contribution in [2.24, 2.45) is 5.92 Å². The Morgan fingerprint density at radius 3 is 2.59 bits per heavy atom. The fraction of sp³-hybridized carbons (Fsp3) is 0.632. The van der Waals surface area contributed by atoms with E-state index < -0.39 is 65.7 Å². The molecule has 300 valence electrons. The molecule has 0 aromatic heterocycles. The molecule has 0 spiro atoms. The molecular formula is C38H54ClN3O10S2. The number of fused-ring (bicyclic) bond motifs is 5. The average molecular weight is 812 g/mol. The number of hydrogen-bond acceptors (Lipinski definition) is 12. The van der Waals surface area contributed by atoms with E-state index in [1.54, 1.807) is 73.8 Å².